The van der Waals surface area contributed by atoms with Crippen LogP contribution in [-0.2, 0) is 0 Å². The van der Waals surface area contributed by atoms with Crippen LogP contribution < -0.4 is 4.90 Å². The fourth-order valence-corrected chi connectivity index (χ4v) is 8.45. The zero-order valence-corrected chi connectivity index (χ0v) is 32.6. The summed E-state index contributed by atoms with van der Waals surface area (Å²) in [5.74, 6) is 0.698. The molecule has 0 fully saturated rings. The number of nitrogens with zero attached hydrogens (tertiary/aromatic N) is 3. The first-order valence-corrected chi connectivity index (χ1v) is 20.2. The summed E-state index contributed by atoms with van der Waals surface area (Å²) in [5, 5.41) is 4.43. The van der Waals surface area contributed by atoms with Crippen molar-refractivity contribution in [2.45, 2.75) is 0 Å². The van der Waals surface area contributed by atoms with Gasteiger partial charge in [-0.25, -0.2) is 9.97 Å². The maximum absolute atomic E-state index is 6.73. The summed E-state index contributed by atoms with van der Waals surface area (Å²) in [5.41, 5.74) is 14.3. The molecule has 2 aromatic heterocycles. The van der Waals surface area contributed by atoms with Crippen molar-refractivity contribution in [2.75, 3.05) is 4.90 Å². The molecular weight excluding hydrogens is 731 g/mol. The average molecular weight is 768 g/mol. The van der Waals surface area contributed by atoms with Gasteiger partial charge in [-0.05, 0) is 81.6 Å². The minimum atomic E-state index is 0.698. The smallest absolute Gasteiger partial charge is 0.160 e. The molecule has 0 aliphatic rings. The first-order chi connectivity index (χ1) is 29.7. The van der Waals surface area contributed by atoms with Crippen LogP contribution in [0.1, 0.15) is 0 Å². The highest BCUT2D eigenvalue weighted by molar-refractivity contribution is 6.17. The molecule has 11 aromatic rings. The number of hydrogen-bond donors (Lipinski definition) is 0. The Kier molecular flexibility index (Phi) is 8.79. The van der Waals surface area contributed by atoms with Gasteiger partial charge in [0.05, 0.1) is 11.4 Å². The van der Waals surface area contributed by atoms with E-state index in [-0.39, 0.29) is 0 Å². The van der Waals surface area contributed by atoms with Crippen LogP contribution in [0, 0.1) is 0 Å². The first kappa shape index (κ1) is 35.1. The lowest BCUT2D eigenvalue weighted by Gasteiger charge is -2.25. The number of fused-ring (bicyclic) bond motifs is 4. The number of aromatic nitrogens is 2. The molecule has 0 unspecified atom stereocenters. The molecule has 0 N–H and O–H groups in total. The van der Waals surface area contributed by atoms with Gasteiger partial charge in [-0.15, -0.1) is 0 Å². The van der Waals surface area contributed by atoms with E-state index in [4.69, 9.17) is 14.4 Å². The summed E-state index contributed by atoms with van der Waals surface area (Å²) >= 11 is 0. The van der Waals surface area contributed by atoms with Crippen LogP contribution in [0.2, 0.25) is 0 Å². The van der Waals surface area contributed by atoms with E-state index in [1.807, 2.05) is 24.3 Å². The Morgan fingerprint density at radius 2 is 0.867 bits per heavy atom. The van der Waals surface area contributed by atoms with Gasteiger partial charge in [-0.3, -0.25) is 0 Å². The Balaban J connectivity index is 1.03. The van der Waals surface area contributed by atoms with E-state index >= 15 is 0 Å². The predicted octanol–water partition coefficient (Wildman–Crippen LogP) is 15.3. The summed E-state index contributed by atoms with van der Waals surface area (Å²) in [7, 11) is 0. The Bertz CT molecular complexity index is 3230. The quantitative estimate of drug-likeness (QED) is 0.154. The van der Waals surface area contributed by atoms with Crippen molar-refractivity contribution in [3.8, 4) is 56.2 Å². The third kappa shape index (κ3) is 6.37. The van der Waals surface area contributed by atoms with Crippen LogP contribution in [0.15, 0.2) is 229 Å². The minimum Gasteiger partial charge on any atom is -0.456 e. The van der Waals surface area contributed by atoms with Crippen LogP contribution in [0.5, 0.6) is 0 Å². The molecule has 4 nitrogen and oxygen atoms in total. The highest BCUT2D eigenvalue weighted by atomic mass is 16.3. The minimum absolute atomic E-state index is 0.698. The number of para-hydroxylation sites is 1. The number of hydrogen-bond acceptors (Lipinski definition) is 4. The molecule has 0 saturated carbocycles. The van der Waals surface area contributed by atoms with Crippen LogP contribution >= 0.6 is 0 Å². The van der Waals surface area contributed by atoms with Crippen molar-refractivity contribution in [1.82, 2.24) is 9.97 Å². The molecule has 282 valence electrons. The van der Waals surface area contributed by atoms with Crippen molar-refractivity contribution in [3.63, 3.8) is 0 Å². The summed E-state index contributed by atoms with van der Waals surface area (Å²) in [6, 6.07) is 78.5. The Labute approximate surface area is 348 Å². The van der Waals surface area contributed by atoms with Crippen LogP contribution in [0.3, 0.4) is 0 Å². The van der Waals surface area contributed by atoms with Gasteiger partial charge >= 0.3 is 0 Å². The van der Waals surface area contributed by atoms with Gasteiger partial charge in [0.2, 0.25) is 0 Å². The molecule has 11 rings (SSSR count). The Morgan fingerprint density at radius 1 is 0.317 bits per heavy atom. The molecule has 0 atom stereocenters. The van der Waals surface area contributed by atoms with E-state index in [1.165, 1.54) is 11.1 Å². The van der Waals surface area contributed by atoms with Crippen molar-refractivity contribution in [3.05, 3.63) is 224 Å². The Hall–Kier alpha value is -8.08. The summed E-state index contributed by atoms with van der Waals surface area (Å²) in [6.45, 7) is 0. The maximum Gasteiger partial charge on any atom is 0.160 e. The van der Waals surface area contributed by atoms with E-state index < -0.39 is 0 Å². The number of anilines is 3. The van der Waals surface area contributed by atoms with Crippen molar-refractivity contribution < 1.29 is 4.42 Å². The maximum atomic E-state index is 6.73. The van der Waals surface area contributed by atoms with Gasteiger partial charge in [0.1, 0.15) is 11.2 Å². The van der Waals surface area contributed by atoms with E-state index in [2.05, 4.69) is 205 Å². The average Bonchev–Trinajstić information content (AvgIpc) is 3.71. The molecule has 0 spiro atoms. The molecule has 0 aliphatic heterocycles. The first-order valence-electron chi connectivity index (χ1n) is 20.2. The van der Waals surface area contributed by atoms with Crippen LogP contribution in [0.25, 0.3) is 88.9 Å². The van der Waals surface area contributed by atoms with E-state index in [9.17, 15) is 0 Å². The predicted molar refractivity (Wildman–Crippen MR) is 249 cm³/mol. The van der Waals surface area contributed by atoms with Crippen molar-refractivity contribution >= 4 is 49.8 Å². The molecular formula is C56H37N3O. The fourth-order valence-electron chi connectivity index (χ4n) is 8.45. The van der Waals surface area contributed by atoms with E-state index in [0.29, 0.717) is 5.82 Å². The molecule has 0 bridgehead atoms. The van der Waals surface area contributed by atoms with Crippen molar-refractivity contribution in [2.24, 2.45) is 0 Å². The second-order valence-electron chi connectivity index (χ2n) is 14.9. The van der Waals surface area contributed by atoms with Gasteiger partial charge in [-0.2, -0.15) is 0 Å². The normalized spacial score (nSPS) is 11.3. The number of benzene rings is 9. The van der Waals surface area contributed by atoms with Gasteiger partial charge in [0.25, 0.3) is 0 Å². The second-order valence-corrected chi connectivity index (χ2v) is 14.9. The molecule has 9 aromatic carbocycles. The lowest BCUT2D eigenvalue weighted by atomic mass is 9.91. The van der Waals surface area contributed by atoms with E-state index in [1.54, 1.807) is 0 Å². The number of furan rings is 1. The van der Waals surface area contributed by atoms with Gasteiger partial charge in [0, 0.05) is 50.6 Å². The number of rotatable bonds is 8. The molecule has 0 aliphatic carbocycles. The van der Waals surface area contributed by atoms with Gasteiger partial charge in [0.15, 0.2) is 5.82 Å². The third-order valence-corrected chi connectivity index (χ3v) is 11.3. The standard InChI is InChI=1S/C56H37N3O/c1-5-16-38(17-6-1)39-28-30-43(31-29-39)59(42-22-11-4-12-23-42)44-32-33-50-54(36-44)60-53-27-15-26-49(55(50)53)47-34-35-48(46-25-14-13-24-45(46)47)52-37-51(40-18-7-2-8-19-40)57-56(58-52)41-20-9-3-10-21-41/h1-37H. The van der Waals surface area contributed by atoms with Crippen LogP contribution in [-0.4, -0.2) is 9.97 Å². The highest BCUT2D eigenvalue weighted by Gasteiger charge is 2.20. The molecule has 0 amide bonds. The molecule has 0 saturated heterocycles. The van der Waals surface area contributed by atoms with Crippen LogP contribution in [0.4, 0.5) is 17.1 Å². The topological polar surface area (TPSA) is 42.2 Å². The fraction of sp³-hybridized carbons (Fsp3) is 0. The Morgan fingerprint density at radius 3 is 1.58 bits per heavy atom. The third-order valence-electron chi connectivity index (χ3n) is 11.3. The SMILES string of the molecule is c1ccc(-c2ccc(N(c3ccccc3)c3ccc4c(c3)oc3cccc(-c5ccc(-c6cc(-c7ccccc7)nc(-c7ccccc7)n6)c6ccccc56)c34)cc2)cc1. The van der Waals surface area contributed by atoms with Gasteiger partial charge < -0.3 is 9.32 Å². The highest BCUT2D eigenvalue weighted by Crippen LogP contribution is 2.44. The summed E-state index contributed by atoms with van der Waals surface area (Å²) in [6.07, 6.45) is 0. The monoisotopic (exact) mass is 767 g/mol. The zero-order chi connectivity index (χ0) is 39.8. The molecule has 0 radical (unpaired) electrons. The molecule has 60 heavy (non-hydrogen) atoms. The molecule has 2 heterocycles. The molecule has 4 heteroatoms. The largest absolute Gasteiger partial charge is 0.456 e. The van der Waals surface area contributed by atoms with E-state index in [0.717, 1.165) is 89.0 Å². The lowest BCUT2D eigenvalue weighted by Crippen LogP contribution is -2.09. The summed E-state index contributed by atoms with van der Waals surface area (Å²) < 4.78 is 6.73. The van der Waals surface area contributed by atoms with Crippen molar-refractivity contribution in [1.29, 1.82) is 0 Å². The zero-order valence-electron chi connectivity index (χ0n) is 32.6. The van der Waals surface area contributed by atoms with Gasteiger partial charge in [-0.1, -0.05) is 170 Å². The lowest BCUT2D eigenvalue weighted by molar-refractivity contribution is 0.669. The summed E-state index contributed by atoms with van der Waals surface area (Å²) in [4.78, 5) is 12.5. The second kappa shape index (κ2) is 15.0.